The molecule has 0 spiro atoms. The molecule has 252 valence electrons. The number of amides is 2. The van der Waals surface area contributed by atoms with E-state index in [1.54, 1.807) is 84.6 Å². The second-order valence-electron chi connectivity index (χ2n) is 12.2. The molecule has 1 heterocycles. The predicted octanol–water partition coefficient (Wildman–Crippen LogP) is 4.67. The number of nitrogens with one attached hydrogen (secondary N) is 2. The van der Waals surface area contributed by atoms with Crippen LogP contribution in [0.4, 0.5) is 17.1 Å². The number of nitrogen functional groups attached to an aromatic ring is 1. The number of aliphatic hydroxyl groups is 1. The lowest BCUT2D eigenvalue weighted by Gasteiger charge is -2.38. The van der Waals surface area contributed by atoms with Crippen LogP contribution in [0.2, 0.25) is 0 Å². The molecule has 1 aliphatic heterocycles. The van der Waals surface area contributed by atoms with Gasteiger partial charge in [0.2, 0.25) is 0 Å². The topological polar surface area (TPSA) is 154 Å². The molecule has 3 atom stereocenters. The predicted molar refractivity (Wildman–Crippen MR) is 186 cm³/mol. The summed E-state index contributed by atoms with van der Waals surface area (Å²) in [6.07, 6.45) is -0.459. The Bertz CT molecular complexity index is 1850. The molecule has 0 fully saturated rings. The minimum atomic E-state index is -3.98. The summed E-state index contributed by atoms with van der Waals surface area (Å²) < 4.78 is 35.8. The van der Waals surface area contributed by atoms with E-state index in [0.717, 1.165) is 5.56 Å². The lowest BCUT2D eigenvalue weighted by atomic mass is 9.99. The molecule has 1 aliphatic rings. The van der Waals surface area contributed by atoms with Crippen LogP contribution >= 0.6 is 0 Å². The van der Waals surface area contributed by atoms with Crippen molar-refractivity contribution >= 4 is 38.9 Å². The molecular weight excluding hydrogens is 630 g/mol. The number of carbonyl (C=O) groups excluding carboxylic acids is 2. The number of para-hydroxylation sites is 3. The van der Waals surface area contributed by atoms with Crippen molar-refractivity contribution in [3.05, 3.63) is 114 Å². The number of benzene rings is 4. The zero-order valence-corrected chi connectivity index (χ0v) is 28.0. The molecular formula is C36H41N5O6S. The van der Waals surface area contributed by atoms with Gasteiger partial charge in [0.15, 0.2) is 5.75 Å². The van der Waals surface area contributed by atoms with Crippen LogP contribution in [0.15, 0.2) is 102 Å². The van der Waals surface area contributed by atoms with Crippen molar-refractivity contribution in [3.63, 3.8) is 0 Å². The maximum Gasteiger partial charge on any atom is 0.262 e. The molecule has 2 amide bonds. The van der Waals surface area contributed by atoms with Gasteiger partial charge in [0.25, 0.3) is 21.8 Å². The fourth-order valence-corrected chi connectivity index (χ4v) is 6.68. The minimum Gasteiger partial charge on any atom is -0.486 e. The van der Waals surface area contributed by atoms with Crippen molar-refractivity contribution in [1.29, 1.82) is 0 Å². The fourth-order valence-electron chi connectivity index (χ4n) is 5.60. The third-order valence-electron chi connectivity index (χ3n) is 8.36. The summed E-state index contributed by atoms with van der Waals surface area (Å²) >= 11 is 0. The molecule has 0 aromatic heterocycles. The Labute approximate surface area is 281 Å². The van der Waals surface area contributed by atoms with Crippen molar-refractivity contribution in [2.75, 3.05) is 42.5 Å². The third kappa shape index (κ3) is 7.96. The molecule has 0 unspecified atom stereocenters. The Morgan fingerprint density at radius 2 is 1.67 bits per heavy atom. The molecule has 11 nitrogen and oxygen atoms in total. The van der Waals surface area contributed by atoms with Gasteiger partial charge in [-0.2, -0.15) is 0 Å². The fraction of sp³-hybridized carbons (Fsp3) is 0.278. The summed E-state index contributed by atoms with van der Waals surface area (Å²) in [7, 11) is -2.04. The SMILES string of the molecule is C[C@H]1CN([C@@H](C)CO)C(=O)c2cccc(NS(=O)(=O)c3ccccc3)c2O[C@@H]1CN(C)Cc1ccc(C(=O)Nc2ccccc2N)cc1. The van der Waals surface area contributed by atoms with Crippen molar-refractivity contribution in [2.24, 2.45) is 5.92 Å². The second-order valence-corrected chi connectivity index (χ2v) is 13.8. The first-order valence-corrected chi connectivity index (χ1v) is 17.2. The summed E-state index contributed by atoms with van der Waals surface area (Å²) in [5, 5.41) is 12.8. The first-order valence-electron chi connectivity index (χ1n) is 15.7. The van der Waals surface area contributed by atoms with Gasteiger partial charge in [-0.25, -0.2) is 8.42 Å². The maximum absolute atomic E-state index is 13.8. The monoisotopic (exact) mass is 671 g/mol. The smallest absolute Gasteiger partial charge is 0.262 e. The first kappa shape index (κ1) is 34.4. The van der Waals surface area contributed by atoms with Gasteiger partial charge in [-0.1, -0.05) is 55.5 Å². The molecule has 0 radical (unpaired) electrons. The van der Waals surface area contributed by atoms with Gasteiger partial charge < -0.3 is 25.8 Å². The second kappa shape index (κ2) is 14.9. The van der Waals surface area contributed by atoms with Crippen molar-refractivity contribution in [1.82, 2.24) is 9.80 Å². The highest BCUT2D eigenvalue weighted by molar-refractivity contribution is 7.92. The largest absolute Gasteiger partial charge is 0.486 e. The molecule has 0 saturated carbocycles. The van der Waals surface area contributed by atoms with E-state index in [9.17, 15) is 23.1 Å². The van der Waals surface area contributed by atoms with Gasteiger partial charge >= 0.3 is 0 Å². The maximum atomic E-state index is 13.8. The van der Waals surface area contributed by atoms with Crippen molar-refractivity contribution < 1.29 is 27.9 Å². The molecule has 12 heteroatoms. The van der Waals surface area contributed by atoms with E-state index in [4.69, 9.17) is 10.5 Å². The Hall–Kier alpha value is -4.91. The Kier molecular flexibility index (Phi) is 10.7. The zero-order chi connectivity index (χ0) is 34.4. The number of nitrogens with zero attached hydrogens (tertiary/aromatic N) is 2. The molecule has 5 N–H and O–H groups in total. The number of fused-ring (bicyclic) bond motifs is 1. The van der Waals surface area contributed by atoms with Gasteiger partial charge in [0.05, 0.1) is 40.2 Å². The van der Waals surface area contributed by atoms with Crippen molar-refractivity contribution in [2.45, 2.75) is 37.4 Å². The number of nitrogens with two attached hydrogens (primary N) is 1. The summed E-state index contributed by atoms with van der Waals surface area (Å²) in [5.41, 5.74) is 8.80. The van der Waals surface area contributed by atoms with Crippen LogP contribution in [0.3, 0.4) is 0 Å². The van der Waals surface area contributed by atoms with Gasteiger partial charge in [0, 0.05) is 31.1 Å². The highest BCUT2D eigenvalue weighted by Gasteiger charge is 2.35. The molecule has 4 aromatic carbocycles. The Balaban J connectivity index is 1.37. The number of sulfonamides is 1. The van der Waals surface area contributed by atoms with Gasteiger partial charge in [-0.15, -0.1) is 0 Å². The quantitative estimate of drug-likeness (QED) is 0.168. The van der Waals surface area contributed by atoms with E-state index in [1.165, 1.54) is 12.1 Å². The third-order valence-corrected chi connectivity index (χ3v) is 9.74. The van der Waals surface area contributed by atoms with E-state index in [-0.39, 0.29) is 46.2 Å². The lowest BCUT2D eigenvalue weighted by Crippen LogP contribution is -2.49. The molecule has 0 aliphatic carbocycles. The van der Waals surface area contributed by atoms with Crippen LogP contribution in [0.5, 0.6) is 5.75 Å². The highest BCUT2D eigenvalue weighted by Crippen LogP contribution is 2.36. The number of hydrogen-bond acceptors (Lipinski definition) is 8. The Morgan fingerprint density at radius 1 is 1.00 bits per heavy atom. The number of carbonyl (C=O) groups is 2. The van der Waals surface area contributed by atoms with Crippen LogP contribution in [0.25, 0.3) is 0 Å². The number of anilines is 3. The van der Waals surface area contributed by atoms with E-state index in [2.05, 4.69) is 14.9 Å². The number of rotatable bonds is 11. The summed E-state index contributed by atoms with van der Waals surface area (Å²) in [4.78, 5) is 30.4. The Morgan fingerprint density at radius 3 is 2.35 bits per heavy atom. The summed E-state index contributed by atoms with van der Waals surface area (Å²) in [6.45, 7) is 4.81. The molecule has 0 saturated heterocycles. The summed E-state index contributed by atoms with van der Waals surface area (Å²) in [5.74, 6) is -0.673. The number of aliphatic hydroxyl groups excluding tert-OH is 1. The number of ether oxygens (including phenoxy) is 1. The van der Waals surface area contributed by atoms with Crippen molar-refractivity contribution in [3.8, 4) is 5.75 Å². The number of likely N-dealkylation sites (N-methyl/N-ethyl adjacent to an activating group) is 1. The molecule has 4 aromatic rings. The van der Waals surface area contributed by atoms with E-state index in [1.807, 2.05) is 26.1 Å². The van der Waals surface area contributed by atoms with E-state index >= 15 is 0 Å². The van der Waals surface area contributed by atoms with Crippen LogP contribution in [0.1, 0.15) is 40.1 Å². The standard InChI is InChI=1S/C36H41N5O6S/c1-24-20-41(25(2)23-42)36(44)29-12-9-15-32(39-48(45,46)28-10-5-4-6-11-28)34(29)47-33(24)22-40(3)21-26-16-18-27(19-17-26)35(43)38-31-14-8-7-13-30(31)37/h4-19,24-25,33,39,42H,20-23,37H2,1-3H3,(H,38,43)/t24-,25-,33+/m0/s1. The molecule has 48 heavy (non-hydrogen) atoms. The zero-order valence-electron chi connectivity index (χ0n) is 27.2. The van der Waals surface area contributed by atoms with E-state index in [0.29, 0.717) is 36.6 Å². The average molecular weight is 672 g/mol. The van der Waals surface area contributed by atoms with Crippen LogP contribution in [-0.4, -0.2) is 74.0 Å². The van der Waals surface area contributed by atoms with Crippen LogP contribution < -0.4 is 20.5 Å². The molecule has 0 bridgehead atoms. The lowest BCUT2D eigenvalue weighted by molar-refractivity contribution is 0.0344. The molecule has 5 rings (SSSR count). The van der Waals surface area contributed by atoms with Crippen LogP contribution in [-0.2, 0) is 16.6 Å². The summed E-state index contributed by atoms with van der Waals surface area (Å²) in [6, 6.07) is 26.7. The number of hydrogen-bond donors (Lipinski definition) is 4. The van der Waals surface area contributed by atoms with Gasteiger partial charge in [0.1, 0.15) is 6.10 Å². The average Bonchev–Trinajstić information content (AvgIpc) is 3.08. The normalized spacial score (nSPS) is 17.1. The minimum absolute atomic E-state index is 0.0765. The van der Waals surface area contributed by atoms with E-state index < -0.39 is 22.2 Å². The first-order chi connectivity index (χ1) is 23.0. The van der Waals surface area contributed by atoms with Gasteiger partial charge in [-0.05, 0) is 68.1 Å². The van der Waals surface area contributed by atoms with Gasteiger partial charge in [-0.3, -0.25) is 19.2 Å². The van der Waals surface area contributed by atoms with Crippen LogP contribution in [0, 0.1) is 5.92 Å². The highest BCUT2D eigenvalue weighted by atomic mass is 32.2.